The van der Waals surface area contributed by atoms with Gasteiger partial charge in [-0.2, -0.15) is 0 Å². The Morgan fingerprint density at radius 3 is 2.59 bits per heavy atom. The van der Waals surface area contributed by atoms with Crippen LogP contribution in [0.5, 0.6) is 11.5 Å². The molecule has 0 aromatic heterocycles. The van der Waals surface area contributed by atoms with Crippen LogP contribution in [0.3, 0.4) is 0 Å². The van der Waals surface area contributed by atoms with E-state index in [9.17, 15) is 10.2 Å². The van der Waals surface area contributed by atoms with Crippen molar-refractivity contribution >= 4 is 0 Å². The molecule has 1 aromatic carbocycles. The molecular weight excluding hydrogens is 216 g/mol. The van der Waals surface area contributed by atoms with Crippen molar-refractivity contribution in [1.82, 2.24) is 4.90 Å². The van der Waals surface area contributed by atoms with Gasteiger partial charge in [-0.1, -0.05) is 6.07 Å². The first kappa shape index (κ1) is 12.2. The first-order valence-electron chi connectivity index (χ1n) is 6.03. The normalized spacial score (nSPS) is 17.4. The molecule has 0 aliphatic heterocycles. The number of rotatable bonds is 5. The van der Waals surface area contributed by atoms with Crippen LogP contribution in [0.25, 0.3) is 0 Å². The molecule has 0 radical (unpaired) electrons. The highest BCUT2D eigenvalue weighted by atomic mass is 16.3. The molecule has 4 N–H and O–H groups in total. The van der Waals surface area contributed by atoms with Crippen LogP contribution in [0.2, 0.25) is 0 Å². The third-order valence-electron chi connectivity index (χ3n) is 3.45. The summed E-state index contributed by atoms with van der Waals surface area (Å²) in [6, 6.07) is 5.37. The molecular formula is C13H20N2O2. The van der Waals surface area contributed by atoms with Crippen LogP contribution in [-0.2, 0) is 6.54 Å². The lowest BCUT2D eigenvalue weighted by atomic mass is 10.1. The lowest BCUT2D eigenvalue weighted by Gasteiger charge is -2.27. The lowest BCUT2D eigenvalue weighted by molar-refractivity contribution is 0.215. The Kier molecular flexibility index (Phi) is 3.54. The minimum absolute atomic E-state index is 0.0633. The molecule has 1 saturated carbocycles. The highest BCUT2D eigenvalue weighted by Gasteiger charge is 2.32. The van der Waals surface area contributed by atoms with Crippen molar-refractivity contribution in [1.29, 1.82) is 0 Å². The number of hydrogen-bond donors (Lipinski definition) is 3. The Labute approximate surface area is 102 Å². The maximum absolute atomic E-state index is 9.44. The zero-order valence-electron chi connectivity index (χ0n) is 10.1. The molecule has 94 valence electrons. The zero-order chi connectivity index (χ0) is 12.4. The van der Waals surface area contributed by atoms with Crippen molar-refractivity contribution in [2.45, 2.75) is 25.4 Å². The lowest BCUT2D eigenvalue weighted by Crippen LogP contribution is -2.39. The van der Waals surface area contributed by atoms with E-state index in [2.05, 4.69) is 11.9 Å². The zero-order valence-corrected chi connectivity index (χ0v) is 10.1. The maximum Gasteiger partial charge on any atom is 0.157 e. The average molecular weight is 236 g/mol. The van der Waals surface area contributed by atoms with E-state index in [1.165, 1.54) is 18.9 Å². The highest BCUT2D eigenvalue weighted by molar-refractivity contribution is 5.40. The van der Waals surface area contributed by atoms with Crippen LogP contribution in [-0.4, -0.2) is 34.7 Å². The summed E-state index contributed by atoms with van der Waals surface area (Å²) in [5.41, 5.74) is 6.78. The molecule has 0 bridgehead atoms. The van der Waals surface area contributed by atoms with E-state index in [0.29, 0.717) is 12.6 Å². The summed E-state index contributed by atoms with van der Waals surface area (Å²) in [6.07, 6.45) is 2.54. The van der Waals surface area contributed by atoms with Gasteiger partial charge < -0.3 is 15.9 Å². The topological polar surface area (TPSA) is 69.7 Å². The Morgan fingerprint density at radius 1 is 1.35 bits per heavy atom. The number of benzene rings is 1. The van der Waals surface area contributed by atoms with Crippen LogP contribution in [0.4, 0.5) is 0 Å². The van der Waals surface area contributed by atoms with Crippen LogP contribution >= 0.6 is 0 Å². The van der Waals surface area contributed by atoms with Gasteiger partial charge in [0.1, 0.15) is 0 Å². The minimum Gasteiger partial charge on any atom is -0.504 e. The Bertz CT molecular complexity index is 391. The predicted octanol–water partition coefficient (Wildman–Crippen LogP) is 1.27. The molecule has 1 unspecified atom stereocenters. The fourth-order valence-corrected chi connectivity index (χ4v) is 2.29. The smallest absolute Gasteiger partial charge is 0.157 e. The minimum atomic E-state index is -0.0750. The summed E-state index contributed by atoms with van der Waals surface area (Å²) >= 11 is 0. The summed E-state index contributed by atoms with van der Waals surface area (Å²) in [5, 5.41) is 18.7. The standard InChI is InChI=1S/C13H20N2O2/c1-15(11(7-14)10-3-4-10)8-9-2-5-12(16)13(17)6-9/h2,5-6,10-11,16-17H,3-4,7-8,14H2,1H3. The third-order valence-corrected chi connectivity index (χ3v) is 3.45. The number of phenolic OH excluding ortho intramolecular Hbond substituents is 2. The van der Waals surface area contributed by atoms with Gasteiger partial charge in [0, 0.05) is 19.1 Å². The molecule has 0 heterocycles. The largest absolute Gasteiger partial charge is 0.504 e. The van der Waals surface area contributed by atoms with Crippen molar-refractivity contribution in [3.05, 3.63) is 23.8 Å². The molecule has 0 spiro atoms. The molecule has 1 aliphatic carbocycles. The van der Waals surface area contributed by atoms with Crippen molar-refractivity contribution < 1.29 is 10.2 Å². The van der Waals surface area contributed by atoms with E-state index < -0.39 is 0 Å². The maximum atomic E-state index is 9.44. The number of phenols is 2. The molecule has 1 fully saturated rings. The van der Waals surface area contributed by atoms with E-state index in [0.717, 1.165) is 18.0 Å². The molecule has 1 aliphatic rings. The van der Waals surface area contributed by atoms with Gasteiger partial charge in [0.15, 0.2) is 11.5 Å². The highest BCUT2D eigenvalue weighted by Crippen LogP contribution is 2.35. The van der Waals surface area contributed by atoms with Crippen molar-refractivity contribution in [2.24, 2.45) is 11.7 Å². The second-order valence-electron chi connectivity index (χ2n) is 4.88. The van der Waals surface area contributed by atoms with Gasteiger partial charge in [-0.3, -0.25) is 4.90 Å². The molecule has 1 aromatic rings. The fraction of sp³-hybridized carbons (Fsp3) is 0.538. The monoisotopic (exact) mass is 236 g/mol. The van der Waals surface area contributed by atoms with Gasteiger partial charge in [-0.05, 0) is 43.5 Å². The molecule has 2 rings (SSSR count). The van der Waals surface area contributed by atoms with Gasteiger partial charge in [0.2, 0.25) is 0 Å². The van der Waals surface area contributed by atoms with E-state index in [1.54, 1.807) is 6.07 Å². The predicted molar refractivity (Wildman–Crippen MR) is 66.8 cm³/mol. The summed E-state index contributed by atoms with van der Waals surface area (Å²) in [4.78, 5) is 2.23. The van der Waals surface area contributed by atoms with Gasteiger partial charge in [-0.15, -0.1) is 0 Å². The Morgan fingerprint density at radius 2 is 2.06 bits per heavy atom. The molecule has 4 nitrogen and oxygen atoms in total. The van der Waals surface area contributed by atoms with E-state index in [-0.39, 0.29) is 11.5 Å². The average Bonchev–Trinajstić information content (AvgIpc) is 3.09. The molecule has 0 saturated heterocycles. The summed E-state index contributed by atoms with van der Waals surface area (Å²) < 4.78 is 0. The van der Waals surface area contributed by atoms with Crippen LogP contribution in [0.15, 0.2) is 18.2 Å². The molecule has 17 heavy (non-hydrogen) atoms. The SMILES string of the molecule is CN(Cc1ccc(O)c(O)c1)C(CN)C1CC1. The van der Waals surface area contributed by atoms with Crippen LogP contribution in [0.1, 0.15) is 18.4 Å². The number of hydrogen-bond acceptors (Lipinski definition) is 4. The third kappa shape index (κ3) is 2.90. The summed E-state index contributed by atoms with van der Waals surface area (Å²) in [6.45, 7) is 1.41. The molecule has 4 heteroatoms. The molecule has 0 amide bonds. The van der Waals surface area contributed by atoms with E-state index in [4.69, 9.17) is 5.73 Å². The number of aromatic hydroxyl groups is 2. The quantitative estimate of drug-likeness (QED) is 0.673. The van der Waals surface area contributed by atoms with Gasteiger partial charge in [0.25, 0.3) is 0 Å². The van der Waals surface area contributed by atoms with Crippen molar-refractivity contribution in [2.75, 3.05) is 13.6 Å². The second-order valence-corrected chi connectivity index (χ2v) is 4.88. The fourth-order valence-electron chi connectivity index (χ4n) is 2.29. The first-order chi connectivity index (χ1) is 8.11. The second kappa shape index (κ2) is 4.94. The number of nitrogens with two attached hydrogens (primary N) is 1. The summed E-state index contributed by atoms with van der Waals surface area (Å²) in [7, 11) is 2.06. The summed E-state index contributed by atoms with van der Waals surface area (Å²) in [5.74, 6) is 0.594. The Balaban J connectivity index is 2.01. The molecule has 1 atom stereocenters. The van der Waals surface area contributed by atoms with Crippen molar-refractivity contribution in [3.8, 4) is 11.5 Å². The number of nitrogens with zero attached hydrogens (tertiary/aromatic N) is 1. The van der Waals surface area contributed by atoms with Gasteiger partial charge >= 0.3 is 0 Å². The van der Waals surface area contributed by atoms with Crippen LogP contribution in [0, 0.1) is 5.92 Å². The van der Waals surface area contributed by atoms with Gasteiger partial charge in [0.05, 0.1) is 0 Å². The van der Waals surface area contributed by atoms with E-state index in [1.807, 2.05) is 6.07 Å². The first-order valence-corrected chi connectivity index (χ1v) is 6.03. The number of likely N-dealkylation sites (N-methyl/N-ethyl adjacent to an activating group) is 1. The van der Waals surface area contributed by atoms with Gasteiger partial charge in [-0.25, -0.2) is 0 Å². The van der Waals surface area contributed by atoms with Crippen molar-refractivity contribution in [3.63, 3.8) is 0 Å². The van der Waals surface area contributed by atoms with E-state index >= 15 is 0 Å². The van der Waals surface area contributed by atoms with Crippen LogP contribution < -0.4 is 5.73 Å². The Hall–Kier alpha value is -1.26.